The van der Waals surface area contributed by atoms with Gasteiger partial charge in [0.1, 0.15) is 17.5 Å². The van der Waals surface area contributed by atoms with E-state index in [1.807, 2.05) is 41.8 Å². The molecule has 0 aliphatic carbocycles. The van der Waals surface area contributed by atoms with Crippen molar-refractivity contribution in [2.45, 2.75) is 6.04 Å². The van der Waals surface area contributed by atoms with Crippen molar-refractivity contribution in [2.24, 2.45) is 0 Å². The number of aromatic amines is 1. The molecule has 0 saturated carbocycles. The number of anilines is 2. The van der Waals surface area contributed by atoms with Crippen molar-refractivity contribution < 1.29 is 4.74 Å². The zero-order valence-electron chi connectivity index (χ0n) is 14.1. The van der Waals surface area contributed by atoms with E-state index >= 15 is 0 Å². The molecule has 0 spiro atoms. The number of nitrogens with zero attached hydrogens (tertiary/aromatic N) is 5. The summed E-state index contributed by atoms with van der Waals surface area (Å²) in [4.78, 5) is 13.5. The van der Waals surface area contributed by atoms with E-state index in [-0.39, 0.29) is 11.6 Å². The maximum absolute atomic E-state index is 12.5. The van der Waals surface area contributed by atoms with Gasteiger partial charge in [-0.2, -0.15) is 9.78 Å². The quantitative estimate of drug-likeness (QED) is 0.494. The molecule has 0 radical (unpaired) electrons. The lowest BCUT2D eigenvalue weighted by atomic mass is 9.96. The number of hydrogen-bond acceptors (Lipinski definition) is 8. The Morgan fingerprint density at radius 2 is 2.07 bits per heavy atom. The molecule has 4 heterocycles. The zero-order chi connectivity index (χ0) is 18.4. The molecule has 0 fully saturated rings. The molecule has 27 heavy (non-hydrogen) atoms. The number of H-pyrrole nitrogens is 1. The highest BCUT2D eigenvalue weighted by molar-refractivity contribution is 7.10. The molecule has 1 unspecified atom stereocenters. The number of fused-ring (bicyclic) bond motifs is 2. The molecule has 2 N–H and O–H groups in total. The third-order valence-electron chi connectivity index (χ3n) is 4.44. The summed E-state index contributed by atoms with van der Waals surface area (Å²) in [5, 5.41) is 23.8. The van der Waals surface area contributed by atoms with E-state index in [1.54, 1.807) is 23.1 Å². The first-order chi connectivity index (χ1) is 13.3. The van der Waals surface area contributed by atoms with Crippen LogP contribution in [0.1, 0.15) is 16.5 Å². The summed E-state index contributed by atoms with van der Waals surface area (Å²) in [6.45, 7) is 0. The smallest absolute Gasteiger partial charge is 0.288 e. The predicted molar refractivity (Wildman–Crippen MR) is 99.5 cm³/mol. The average molecular weight is 379 g/mol. The Hall–Kier alpha value is -3.53. The number of thiophene rings is 1. The molecule has 1 aliphatic rings. The van der Waals surface area contributed by atoms with Gasteiger partial charge in [-0.1, -0.05) is 11.2 Å². The highest BCUT2D eigenvalue weighted by atomic mass is 32.1. The van der Waals surface area contributed by atoms with Gasteiger partial charge in [0.2, 0.25) is 5.95 Å². The van der Waals surface area contributed by atoms with Crippen LogP contribution in [0.3, 0.4) is 0 Å². The lowest BCUT2D eigenvalue weighted by molar-refractivity contribution is 0.415. The largest absolute Gasteiger partial charge is 0.497 e. The number of hydrogen-bond donors (Lipinski definition) is 2. The van der Waals surface area contributed by atoms with Gasteiger partial charge in [-0.3, -0.25) is 4.79 Å². The summed E-state index contributed by atoms with van der Waals surface area (Å²) in [6.07, 6.45) is 0. The van der Waals surface area contributed by atoms with Crippen molar-refractivity contribution in [2.75, 3.05) is 12.4 Å². The first-order valence-electron chi connectivity index (χ1n) is 8.11. The predicted octanol–water partition coefficient (Wildman–Crippen LogP) is 2.19. The molecule has 3 aromatic heterocycles. The average Bonchev–Trinajstić information content (AvgIpc) is 3.39. The van der Waals surface area contributed by atoms with E-state index in [0.717, 1.165) is 21.8 Å². The second-order valence-electron chi connectivity index (χ2n) is 5.91. The summed E-state index contributed by atoms with van der Waals surface area (Å²) in [7, 11) is 1.62. The number of methoxy groups -OCH3 is 1. The Kier molecular flexibility index (Phi) is 3.50. The van der Waals surface area contributed by atoms with Crippen LogP contribution in [0.25, 0.3) is 11.3 Å². The fourth-order valence-electron chi connectivity index (χ4n) is 3.22. The van der Waals surface area contributed by atoms with Gasteiger partial charge in [0, 0.05) is 16.0 Å². The molecule has 134 valence electrons. The van der Waals surface area contributed by atoms with Crippen LogP contribution in [-0.4, -0.2) is 37.5 Å². The normalized spacial score (nSPS) is 14.9. The second-order valence-corrected chi connectivity index (χ2v) is 6.89. The van der Waals surface area contributed by atoms with E-state index in [2.05, 4.69) is 31.0 Å². The maximum atomic E-state index is 12.5. The Morgan fingerprint density at radius 1 is 1.22 bits per heavy atom. The van der Waals surface area contributed by atoms with Crippen LogP contribution in [0.15, 0.2) is 46.6 Å². The van der Waals surface area contributed by atoms with Crippen LogP contribution in [-0.2, 0) is 0 Å². The molecule has 1 aliphatic heterocycles. The standard InChI is InChI=1S/C17H13N7O2S/c1-26-10-6-4-9(5-7-10)13-12-14(16(25)20-19-13)18-17-21-22-23-24(17)15(12)11-3-2-8-27-11/h2-8,15H,1H3,(H,20,25)(H,18,21,23). The fourth-order valence-corrected chi connectivity index (χ4v) is 4.03. The fraction of sp³-hybridized carbons (Fsp3) is 0.118. The molecule has 9 nitrogen and oxygen atoms in total. The maximum Gasteiger partial charge on any atom is 0.288 e. The molecular weight excluding hydrogens is 366 g/mol. The molecule has 0 bridgehead atoms. The number of aromatic nitrogens is 6. The topological polar surface area (TPSA) is 111 Å². The molecule has 10 heteroatoms. The number of benzene rings is 1. The molecule has 0 amide bonds. The van der Waals surface area contributed by atoms with Crippen LogP contribution >= 0.6 is 11.3 Å². The number of nitrogens with one attached hydrogen (secondary N) is 2. The first kappa shape index (κ1) is 15.7. The van der Waals surface area contributed by atoms with E-state index in [4.69, 9.17) is 4.74 Å². The third-order valence-corrected chi connectivity index (χ3v) is 5.37. The zero-order valence-corrected chi connectivity index (χ0v) is 14.9. The Bertz CT molecular complexity index is 1160. The van der Waals surface area contributed by atoms with E-state index < -0.39 is 0 Å². The lowest BCUT2D eigenvalue weighted by Crippen LogP contribution is -2.28. The number of rotatable bonds is 3. The third kappa shape index (κ3) is 2.41. The highest BCUT2D eigenvalue weighted by Gasteiger charge is 2.34. The van der Waals surface area contributed by atoms with E-state index in [0.29, 0.717) is 17.3 Å². The lowest BCUT2D eigenvalue weighted by Gasteiger charge is -2.26. The minimum Gasteiger partial charge on any atom is -0.497 e. The van der Waals surface area contributed by atoms with Gasteiger partial charge in [-0.15, -0.1) is 11.3 Å². The Balaban J connectivity index is 1.78. The van der Waals surface area contributed by atoms with Crippen LogP contribution < -0.4 is 15.6 Å². The van der Waals surface area contributed by atoms with Crippen LogP contribution in [0.4, 0.5) is 11.6 Å². The molecule has 4 aromatic rings. The molecule has 5 rings (SSSR count). The summed E-state index contributed by atoms with van der Waals surface area (Å²) < 4.78 is 6.90. The summed E-state index contributed by atoms with van der Waals surface area (Å²) in [5.41, 5.74) is 2.31. The number of ether oxygens (including phenoxy) is 1. The SMILES string of the molecule is COc1ccc(-c2n[nH]c(=O)c3c2C(c2cccs2)n2nnnc2N3)cc1. The van der Waals surface area contributed by atoms with Gasteiger partial charge in [0.05, 0.1) is 12.8 Å². The molecule has 0 saturated heterocycles. The van der Waals surface area contributed by atoms with Crippen LogP contribution in [0, 0.1) is 0 Å². The van der Waals surface area contributed by atoms with Crippen molar-refractivity contribution in [1.29, 1.82) is 0 Å². The van der Waals surface area contributed by atoms with Crippen molar-refractivity contribution in [3.05, 3.63) is 62.6 Å². The van der Waals surface area contributed by atoms with Gasteiger partial charge >= 0.3 is 0 Å². The minimum absolute atomic E-state index is 0.321. The highest BCUT2D eigenvalue weighted by Crippen LogP contribution is 2.42. The van der Waals surface area contributed by atoms with Gasteiger partial charge < -0.3 is 10.1 Å². The first-order valence-corrected chi connectivity index (χ1v) is 8.99. The molecule has 1 aromatic carbocycles. The van der Waals surface area contributed by atoms with Gasteiger partial charge in [-0.25, -0.2) is 5.10 Å². The second kappa shape index (κ2) is 6.02. The van der Waals surface area contributed by atoms with Crippen LogP contribution in [0.5, 0.6) is 5.75 Å². The van der Waals surface area contributed by atoms with Gasteiger partial charge in [-0.05, 0) is 46.1 Å². The van der Waals surface area contributed by atoms with Crippen molar-refractivity contribution in [1.82, 2.24) is 30.4 Å². The molecular formula is C17H13N7O2S. The van der Waals surface area contributed by atoms with Crippen molar-refractivity contribution in [3.8, 4) is 17.0 Å². The minimum atomic E-state index is -0.349. The van der Waals surface area contributed by atoms with E-state index in [9.17, 15) is 4.79 Å². The van der Waals surface area contributed by atoms with Crippen LogP contribution in [0.2, 0.25) is 0 Å². The summed E-state index contributed by atoms with van der Waals surface area (Å²) >= 11 is 1.57. The van der Waals surface area contributed by atoms with Crippen molar-refractivity contribution >= 4 is 23.0 Å². The summed E-state index contributed by atoms with van der Waals surface area (Å²) in [6, 6.07) is 11.1. The number of tetrazole rings is 1. The summed E-state index contributed by atoms with van der Waals surface area (Å²) in [5.74, 6) is 1.16. The van der Waals surface area contributed by atoms with Gasteiger partial charge in [0.15, 0.2) is 0 Å². The monoisotopic (exact) mass is 379 g/mol. The van der Waals surface area contributed by atoms with Crippen molar-refractivity contribution in [3.63, 3.8) is 0 Å². The van der Waals surface area contributed by atoms with E-state index in [1.165, 1.54) is 0 Å². The molecule has 1 atom stereocenters. The Morgan fingerprint density at radius 3 is 2.81 bits per heavy atom. The van der Waals surface area contributed by atoms with Gasteiger partial charge in [0.25, 0.3) is 5.56 Å². The Labute approximate surface area is 156 Å².